The van der Waals surface area contributed by atoms with E-state index in [0.29, 0.717) is 0 Å². The normalized spacial score (nSPS) is 14.1. The van der Waals surface area contributed by atoms with Gasteiger partial charge < -0.3 is 31.6 Å². The topological polar surface area (TPSA) is 175 Å². The van der Waals surface area contributed by atoms with Gasteiger partial charge in [0.1, 0.15) is 12.1 Å². The molecule has 10 nitrogen and oxygen atoms in total. The molecular formula is C18H22N4O6. The number of aromatic nitrogens is 1. The number of H-pyrrole nitrogens is 1. The van der Waals surface area contributed by atoms with Gasteiger partial charge in [-0.25, -0.2) is 0 Å². The minimum atomic E-state index is -1.34. The predicted molar refractivity (Wildman–Crippen MR) is 99.4 cm³/mol. The summed E-state index contributed by atoms with van der Waals surface area (Å²) in [7, 11) is 0. The van der Waals surface area contributed by atoms with Crippen LogP contribution >= 0.6 is 0 Å². The second-order valence-corrected chi connectivity index (χ2v) is 6.40. The first-order valence-electron chi connectivity index (χ1n) is 8.55. The molecule has 2 amide bonds. The number of benzene rings is 1. The molecule has 0 saturated carbocycles. The Morgan fingerprint density at radius 3 is 2.43 bits per heavy atom. The smallest absolute Gasteiger partial charge is 0.325 e. The van der Waals surface area contributed by atoms with Crippen molar-refractivity contribution in [1.29, 1.82) is 0 Å². The van der Waals surface area contributed by atoms with Crippen LogP contribution in [0.4, 0.5) is 0 Å². The highest BCUT2D eigenvalue weighted by atomic mass is 16.4. The van der Waals surface area contributed by atoms with Gasteiger partial charge in [0, 0.05) is 23.5 Å². The van der Waals surface area contributed by atoms with Gasteiger partial charge in [-0.3, -0.25) is 19.2 Å². The van der Waals surface area contributed by atoms with Gasteiger partial charge in [-0.15, -0.1) is 0 Å². The van der Waals surface area contributed by atoms with E-state index in [9.17, 15) is 19.2 Å². The molecule has 0 aliphatic rings. The van der Waals surface area contributed by atoms with Gasteiger partial charge in [-0.2, -0.15) is 0 Å². The third kappa shape index (κ3) is 5.30. The van der Waals surface area contributed by atoms with Gasteiger partial charge in [0.2, 0.25) is 11.8 Å². The summed E-state index contributed by atoms with van der Waals surface area (Å²) in [6.07, 6.45) is 1.15. The molecule has 0 spiro atoms. The van der Waals surface area contributed by atoms with Crippen LogP contribution in [0.15, 0.2) is 30.5 Å². The number of amides is 2. The third-order valence-corrected chi connectivity index (χ3v) is 4.19. The summed E-state index contributed by atoms with van der Waals surface area (Å²) in [5.74, 6) is -4.01. The zero-order valence-electron chi connectivity index (χ0n) is 15.1. The lowest BCUT2D eigenvalue weighted by Gasteiger charge is -2.21. The zero-order chi connectivity index (χ0) is 20.8. The Kier molecular flexibility index (Phi) is 6.72. The number of nitrogens with two attached hydrogens (primary N) is 1. The molecule has 28 heavy (non-hydrogen) atoms. The van der Waals surface area contributed by atoms with E-state index in [4.69, 9.17) is 15.9 Å². The molecule has 0 unspecified atom stereocenters. The fourth-order valence-corrected chi connectivity index (χ4v) is 2.66. The fourth-order valence-electron chi connectivity index (χ4n) is 2.66. The number of fused-ring (bicyclic) bond motifs is 1. The minimum absolute atomic E-state index is 0.0632. The summed E-state index contributed by atoms with van der Waals surface area (Å²) in [5, 5.41) is 23.3. The maximum Gasteiger partial charge on any atom is 0.325 e. The quantitative estimate of drug-likeness (QED) is 0.337. The highest BCUT2D eigenvalue weighted by molar-refractivity contribution is 5.93. The highest BCUT2D eigenvalue weighted by Gasteiger charge is 2.28. The summed E-state index contributed by atoms with van der Waals surface area (Å²) in [4.78, 5) is 49.6. The SMILES string of the molecule is C[C@H](NC(=O)[C@H](Cc1c[nH]c2ccccc12)NC(=O)[C@@H](N)CC(=O)O)C(=O)O. The van der Waals surface area contributed by atoms with Crippen LogP contribution in [0.1, 0.15) is 18.9 Å². The molecule has 3 atom stereocenters. The van der Waals surface area contributed by atoms with Gasteiger partial charge in [0.25, 0.3) is 0 Å². The summed E-state index contributed by atoms with van der Waals surface area (Å²) in [6.45, 7) is 1.29. The van der Waals surface area contributed by atoms with E-state index in [0.717, 1.165) is 16.5 Å². The Bertz CT molecular complexity index is 893. The number of rotatable bonds is 9. The molecule has 7 N–H and O–H groups in total. The molecule has 2 aromatic rings. The second kappa shape index (κ2) is 9.00. The lowest BCUT2D eigenvalue weighted by atomic mass is 10.0. The average Bonchev–Trinajstić information content (AvgIpc) is 3.03. The molecule has 0 bridgehead atoms. The average molecular weight is 390 g/mol. The Morgan fingerprint density at radius 2 is 1.79 bits per heavy atom. The maximum absolute atomic E-state index is 12.5. The van der Waals surface area contributed by atoms with Gasteiger partial charge in [0.05, 0.1) is 12.5 Å². The number of hydrogen-bond acceptors (Lipinski definition) is 5. The largest absolute Gasteiger partial charge is 0.481 e. The number of carbonyl (C=O) groups excluding carboxylic acids is 2. The van der Waals surface area contributed by atoms with Crippen molar-refractivity contribution in [3.05, 3.63) is 36.0 Å². The summed E-state index contributed by atoms with van der Waals surface area (Å²) >= 11 is 0. The summed E-state index contributed by atoms with van der Waals surface area (Å²) in [5.41, 5.74) is 7.12. The van der Waals surface area contributed by atoms with E-state index in [1.54, 1.807) is 6.20 Å². The van der Waals surface area contributed by atoms with Crippen molar-refractivity contribution in [2.45, 2.75) is 37.9 Å². The fraction of sp³-hybridized carbons (Fsp3) is 0.333. The van der Waals surface area contributed by atoms with Crippen molar-refractivity contribution >= 4 is 34.7 Å². The molecule has 10 heteroatoms. The Labute approximate surface area is 160 Å². The molecule has 0 saturated heterocycles. The first-order chi connectivity index (χ1) is 13.2. The summed E-state index contributed by atoms with van der Waals surface area (Å²) in [6, 6.07) is 3.72. The van der Waals surface area contributed by atoms with Crippen LogP contribution in [0.25, 0.3) is 10.9 Å². The van der Waals surface area contributed by atoms with Crippen LogP contribution in [0, 0.1) is 0 Å². The van der Waals surface area contributed by atoms with E-state index in [2.05, 4.69) is 15.6 Å². The number of hydrogen-bond donors (Lipinski definition) is 6. The van der Waals surface area contributed by atoms with Crippen molar-refractivity contribution < 1.29 is 29.4 Å². The third-order valence-electron chi connectivity index (χ3n) is 4.19. The first-order valence-corrected chi connectivity index (χ1v) is 8.55. The lowest BCUT2D eigenvalue weighted by molar-refractivity contribution is -0.142. The molecule has 150 valence electrons. The molecule has 0 aliphatic carbocycles. The second-order valence-electron chi connectivity index (χ2n) is 6.40. The van der Waals surface area contributed by atoms with Crippen molar-refractivity contribution in [3.8, 4) is 0 Å². The Hall–Kier alpha value is -3.40. The summed E-state index contributed by atoms with van der Waals surface area (Å²) < 4.78 is 0. The van der Waals surface area contributed by atoms with Crippen LogP contribution in [0.2, 0.25) is 0 Å². The van der Waals surface area contributed by atoms with Gasteiger partial charge in [-0.1, -0.05) is 18.2 Å². The standard InChI is InChI=1S/C18H22N4O6/c1-9(18(27)28)21-17(26)14(22-16(25)12(19)7-15(23)24)6-10-8-20-13-5-3-2-4-11(10)13/h2-5,8-9,12,14,20H,6-7,19H2,1H3,(H,21,26)(H,22,25)(H,23,24)(H,27,28)/t9-,12-,14-/m0/s1. The van der Waals surface area contributed by atoms with E-state index in [1.807, 2.05) is 24.3 Å². The zero-order valence-corrected chi connectivity index (χ0v) is 15.1. The van der Waals surface area contributed by atoms with Crippen LogP contribution in [0.3, 0.4) is 0 Å². The van der Waals surface area contributed by atoms with Crippen molar-refractivity contribution in [2.24, 2.45) is 5.73 Å². The molecular weight excluding hydrogens is 368 g/mol. The van der Waals surface area contributed by atoms with Crippen LogP contribution in [-0.2, 0) is 25.6 Å². The van der Waals surface area contributed by atoms with Gasteiger partial charge in [-0.05, 0) is 18.6 Å². The number of carboxylic acid groups (broad SMARTS) is 2. The predicted octanol–water partition coefficient (Wildman–Crippen LogP) is -0.413. The monoisotopic (exact) mass is 390 g/mol. The van der Waals surface area contributed by atoms with Gasteiger partial charge >= 0.3 is 11.9 Å². The van der Waals surface area contributed by atoms with Crippen molar-refractivity contribution in [1.82, 2.24) is 15.6 Å². The van der Waals surface area contributed by atoms with Crippen molar-refractivity contribution in [3.63, 3.8) is 0 Å². The minimum Gasteiger partial charge on any atom is -0.481 e. The molecule has 0 aliphatic heterocycles. The maximum atomic E-state index is 12.5. The molecule has 0 radical (unpaired) electrons. The van der Waals surface area contributed by atoms with Gasteiger partial charge in [0.15, 0.2) is 0 Å². The first kappa shape index (κ1) is 20.9. The van der Waals surface area contributed by atoms with Crippen LogP contribution in [0.5, 0.6) is 0 Å². The highest BCUT2D eigenvalue weighted by Crippen LogP contribution is 2.19. The lowest BCUT2D eigenvalue weighted by Crippen LogP contribution is -2.55. The molecule has 2 rings (SSSR count). The molecule has 0 fully saturated rings. The van der Waals surface area contributed by atoms with Crippen LogP contribution in [-0.4, -0.2) is 57.1 Å². The van der Waals surface area contributed by atoms with Crippen LogP contribution < -0.4 is 16.4 Å². The Balaban J connectivity index is 2.22. The number of nitrogens with one attached hydrogen (secondary N) is 3. The number of aliphatic carboxylic acids is 2. The number of aromatic amines is 1. The van der Waals surface area contributed by atoms with E-state index < -0.39 is 48.3 Å². The molecule has 1 heterocycles. The number of carbonyl (C=O) groups is 4. The van der Waals surface area contributed by atoms with E-state index in [1.165, 1.54) is 6.92 Å². The van der Waals surface area contributed by atoms with E-state index in [-0.39, 0.29) is 6.42 Å². The molecule has 1 aromatic heterocycles. The number of para-hydroxylation sites is 1. The Morgan fingerprint density at radius 1 is 1.11 bits per heavy atom. The number of carboxylic acids is 2. The van der Waals surface area contributed by atoms with Crippen molar-refractivity contribution in [2.75, 3.05) is 0 Å². The molecule has 1 aromatic carbocycles. The van der Waals surface area contributed by atoms with E-state index >= 15 is 0 Å².